The Hall–Kier alpha value is -2.86. The van der Waals surface area contributed by atoms with Gasteiger partial charge in [0, 0.05) is 41.8 Å². The molecular weight excluding hydrogens is 412 g/mol. The van der Waals surface area contributed by atoms with Crippen molar-refractivity contribution in [1.29, 1.82) is 0 Å². The maximum absolute atomic E-state index is 13.7. The molecule has 6 nitrogen and oxygen atoms in total. The molecule has 3 aromatic rings. The molecule has 2 fully saturated rings. The van der Waals surface area contributed by atoms with Crippen LogP contribution in [-0.4, -0.2) is 44.9 Å². The highest BCUT2D eigenvalue weighted by Gasteiger charge is 2.29. The van der Waals surface area contributed by atoms with Crippen LogP contribution in [-0.2, 0) is 0 Å². The van der Waals surface area contributed by atoms with E-state index in [9.17, 15) is 9.59 Å². The number of carbonyl (C=O) groups excluding carboxylic acids is 1. The van der Waals surface area contributed by atoms with Crippen molar-refractivity contribution in [2.24, 2.45) is 0 Å². The van der Waals surface area contributed by atoms with Gasteiger partial charge in [-0.2, -0.15) is 0 Å². The van der Waals surface area contributed by atoms with Crippen LogP contribution >= 0.6 is 0 Å². The summed E-state index contributed by atoms with van der Waals surface area (Å²) in [5.74, 6) is -0.126. The number of benzene rings is 1. The van der Waals surface area contributed by atoms with Crippen molar-refractivity contribution in [2.45, 2.75) is 70.5 Å². The van der Waals surface area contributed by atoms with Gasteiger partial charge in [-0.15, -0.1) is 0 Å². The summed E-state index contributed by atoms with van der Waals surface area (Å²) in [6.45, 7) is 10.1. The molecule has 2 aromatic heterocycles. The van der Waals surface area contributed by atoms with Crippen LogP contribution in [0.15, 0.2) is 41.8 Å². The van der Waals surface area contributed by atoms with Gasteiger partial charge in [-0.25, -0.2) is 0 Å². The Balaban J connectivity index is 1.62. The minimum atomic E-state index is -0.126. The number of hydrogen-bond donors (Lipinski definition) is 1. The lowest BCUT2D eigenvalue weighted by Crippen LogP contribution is -2.43. The molecule has 1 N–H and O–H groups in total. The van der Waals surface area contributed by atoms with Gasteiger partial charge >= 0.3 is 0 Å². The van der Waals surface area contributed by atoms with Gasteiger partial charge in [0.15, 0.2) is 0 Å². The van der Waals surface area contributed by atoms with Crippen molar-refractivity contribution in [3.63, 3.8) is 0 Å². The molecule has 0 radical (unpaired) electrons. The average molecular weight is 447 g/mol. The maximum Gasteiger partial charge on any atom is 0.275 e. The Bertz CT molecular complexity index is 1260. The predicted octanol–water partition coefficient (Wildman–Crippen LogP) is 4.61. The summed E-state index contributed by atoms with van der Waals surface area (Å²) in [6, 6.07) is 8.86. The van der Waals surface area contributed by atoms with Gasteiger partial charge < -0.3 is 9.88 Å². The van der Waals surface area contributed by atoms with Crippen LogP contribution < -0.4 is 10.9 Å². The van der Waals surface area contributed by atoms with Crippen LogP contribution in [0.4, 0.5) is 0 Å². The summed E-state index contributed by atoms with van der Waals surface area (Å²) in [7, 11) is 0. The number of rotatable bonds is 6. The molecule has 33 heavy (non-hydrogen) atoms. The molecule has 1 atom stereocenters. The van der Waals surface area contributed by atoms with Gasteiger partial charge in [0.2, 0.25) is 0 Å². The normalized spacial score (nSPS) is 19.8. The molecule has 1 amide bonds. The van der Waals surface area contributed by atoms with E-state index in [2.05, 4.69) is 30.6 Å². The Morgan fingerprint density at radius 1 is 1.18 bits per heavy atom. The van der Waals surface area contributed by atoms with Gasteiger partial charge in [0.05, 0.1) is 5.52 Å². The zero-order chi connectivity index (χ0) is 23.1. The number of likely N-dealkylation sites (tertiary alicyclic amines) is 1. The second kappa shape index (κ2) is 8.82. The molecular formula is C27H34N4O2. The van der Waals surface area contributed by atoms with E-state index in [0.29, 0.717) is 29.8 Å². The van der Waals surface area contributed by atoms with Crippen LogP contribution in [0, 0.1) is 0 Å². The lowest BCUT2D eigenvalue weighted by atomic mass is 10.1. The van der Waals surface area contributed by atoms with Gasteiger partial charge in [-0.3, -0.25) is 18.9 Å². The first kappa shape index (κ1) is 22.0. The topological polar surface area (TPSA) is 58.8 Å². The first-order valence-electron chi connectivity index (χ1n) is 12.4. The number of amides is 1. The van der Waals surface area contributed by atoms with Crippen LogP contribution in [0.25, 0.3) is 22.5 Å². The number of aromatic nitrogens is 2. The maximum atomic E-state index is 13.7. The Morgan fingerprint density at radius 2 is 1.94 bits per heavy atom. The molecule has 3 heterocycles. The monoisotopic (exact) mass is 446 g/mol. The van der Waals surface area contributed by atoms with E-state index < -0.39 is 0 Å². The zero-order valence-corrected chi connectivity index (χ0v) is 19.7. The Labute approximate surface area is 194 Å². The number of fused-ring (bicyclic) bond motifs is 3. The molecule has 1 saturated carbocycles. The van der Waals surface area contributed by atoms with E-state index in [-0.39, 0.29) is 17.5 Å². The average Bonchev–Trinajstić information content (AvgIpc) is 3.56. The molecule has 0 spiro atoms. The van der Waals surface area contributed by atoms with Crippen molar-refractivity contribution >= 4 is 28.4 Å². The first-order chi connectivity index (χ1) is 16.0. The molecule has 174 valence electrons. The lowest BCUT2D eigenvalue weighted by molar-refractivity contribution is 0.0928. The molecule has 0 bridgehead atoms. The van der Waals surface area contributed by atoms with Crippen LogP contribution in [0.1, 0.15) is 74.5 Å². The summed E-state index contributed by atoms with van der Waals surface area (Å²) in [5, 5.41) is 4.15. The number of carbonyl (C=O) groups is 1. The molecule has 2 aliphatic rings. The fourth-order valence-corrected chi connectivity index (χ4v) is 5.97. The lowest BCUT2D eigenvalue weighted by Gasteiger charge is -2.28. The summed E-state index contributed by atoms with van der Waals surface area (Å²) in [6.07, 6.45) is 10.0. The van der Waals surface area contributed by atoms with Crippen LogP contribution in [0.3, 0.4) is 0 Å². The number of nitrogens with zero attached hydrogens (tertiary/aromatic N) is 3. The molecule has 1 unspecified atom stereocenters. The zero-order valence-electron chi connectivity index (χ0n) is 19.7. The highest BCUT2D eigenvalue weighted by molar-refractivity contribution is 6.02. The summed E-state index contributed by atoms with van der Waals surface area (Å²) < 4.78 is 3.67. The fraction of sp³-hybridized carbons (Fsp3) is 0.481. The Kier molecular flexibility index (Phi) is 5.87. The summed E-state index contributed by atoms with van der Waals surface area (Å²) >= 11 is 0. The minimum absolute atomic E-state index is 0.0358. The van der Waals surface area contributed by atoms with E-state index in [4.69, 9.17) is 0 Å². The second-order valence-corrected chi connectivity index (χ2v) is 9.82. The molecule has 1 aliphatic carbocycles. The van der Waals surface area contributed by atoms with E-state index in [1.165, 1.54) is 6.42 Å². The van der Waals surface area contributed by atoms with E-state index in [0.717, 1.165) is 55.1 Å². The fourth-order valence-electron chi connectivity index (χ4n) is 5.97. The van der Waals surface area contributed by atoms with E-state index in [1.54, 1.807) is 12.3 Å². The smallest absolute Gasteiger partial charge is 0.275 e. The van der Waals surface area contributed by atoms with Crippen molar-refractivity contribution in [3.8, 4) is 0 Å². The highest BCUT2D eigenvalue weighted by atomic mass is 16.2. The summed E-state index contributed by atoms with van der Waals surface area (Å²) in [4.78, 5) is 29.8. The van der Waals surface area contributed by atoms with Gasteiger partial charge in [0.25, 0.3) is 11.5 Å². The predicted molar refractivity (Wildman–Crippen MR) is 134 cm³/mol. The minimum Gasteiger partial charge on any atom is -0.349 e. The van der Waals surface area contributed by atoms with Gasteiger partial charge in [0.1, 0.15) is 11.2 Å². The van der Waals surface area contributed by atoms with Gasteiger partial charge in [-0.1, -0.05) is 43.7 Å². The SMILES string of the molecule is C=Cc1c2ccccc2n2c(C(=O)NCC3CCCN3C(C)C)cn(C3CCCC3)c(=O)c12. The van der Waals surface area contributed by atoms with E-state index in [1.807, 2.05) is 33.2 Å². The van der Waals surface area contributed by atoms with Crippen molar-refractivity contribution in [2.75, 3.05) is 13.1 Å². The molecule has 1 saturated heterocycles. The van der Waals surface area contributed by atoms with Crippen molar-refractivity contribution < 1.29 is 4.79 Å². The molecule has 1 aromatic carbocycles. The quantitative estimate of drug-likeness (QED) is 0.601. The standard InChI is InChI=1S/C27H34N4O2/c1-4-21-22-13-7-8-14-23(22)31-24(17-30(27(33)25(21)31)19-10-5-6-11-19)26(32)28-16-20-12-9-15-29(20)18(2)3/h4,7-8,13-14,17-20H,1,5-6,9-12,15-16H2,2-3H3,(H,28,32). The van der Waals surface area contributed by atoms with Crippen LogP contribution in [0.5, 0.6) is 0 Å². The number of nitrogens with one attached hydrogen (secondary N) is 1. The molecule has 1 aliphatic heterocycles. The number of para-hydroxylation sites is 1. The second-order valence-electron chi connectivity index (χ2n) is 9.82. The largest absolute Gasteiger partial charge is 0.349 e. The number of hydrogen-bond acceptors (Lipinski definition) is 3. The third-order valence-corrected chi connectivity index (χ3v) is 7.59. The van der Waals surface area contributed by atoms with Crippen molar-refractivity contribution in [1.82, 2.24) is 19.2 Å². The third-order valence-electron chi connectivity index (χ3n) is 7.59. The molecule has 6 heteroatoms. The molecule has 5 rings (SSSR count). The Morgan fingerprint density at radius 3 is 2.67 bits per heavy atom. The first-order valence-corrected chi connectivity index (χ1v) is 12.4. The van der Waals surface area contributed by atoms with E-state index >= 15 is 0 Å². The summed E-state index contributed by atoms with van der Waals surface area (Å²) in [5.41, 5.74) is 2.71. The highest BCUT2D eigenvalue weighted by Crippen LogP contribution is 2.31. The van der Waals surface area contributed by atoms with Crippen molar-refractivity contribution in [3.05, 3.63) is 58.7 Å². The third kappa shape index (κ3) is 3.70. The van der Waals surface area contributed by atoms with Gasteiger partial charge in [-0.05, 0) is 52.1 Å². The van der Waals surface area contributed by atoms with Crippen LogP contribution in [0.2, 0.25) is 0 Å².